The second kappa shape index (κ2) is 5.45. The normalized spacial score (nSPS) is 23.3. The van der Waals surface area contributed by atoms with Gasteiger partial charge in [0, 0.05) is 28.5 Å². The van der Waals surface area contributed by atoms with Crippen LogP contribution in [0.4, 0.5) is 5.69 Å². The van der Waals surface area contributed by atoms with Crippen LogP contribution in [-0.2, 0) is 6.42 Å². The first-order valence-electron chi connectivity index (χ1n) is 5.82. The van der Waals surface area contributed by atoms with E-state index >= 15 is 0 Å². The first kappa shape index (κ1) is 13.6. The second-order valence-corrected chi connectivity index (χ2v) is 6.27. The van der Waals surface area contributed by atoms with Crippen LogP contribution in [0.1, 0.15) is 16.8 Å². The molecule has 6 heteroatoms. The van der Waals surface area contributed by atoms with E-state index in [2.05, 4.69) is 4.98 Å². The summed E-state index contributed by atoms with van der Waals surface area (Å²) >= 11 is 8.07. The minimum atomic E-state index is -0.322. The Labute approximate surface area is 115 Å². The fourth-order valence-corrected chi connectivity index (χ4v) is 4.10. The van der Waals surface area contributed by atoms with Crippen LogP contribution in [0.15, 0.2) is 6.20 Å². The molecule has 0 N–H and O–H groups in total. The highest BCUT2D eigenvalue weighted by atomic mass is 35.5. The summed E-state index contributed by atoms with van der Waals surface area (Å²) in [6.07, 6.45) is 2.32. The Morgan fingerprint density at radius 1 is 1.56 bits per heavy atom. The highest BCUT2D eigenvalue weighted by molar-refractivity contribution is 7.99. The lowest BCUT2D eigenvalue weighted by molar-refractivity contribution is -0.386. The highest BCUT2D eigenvalue weighted by Gasteiger charge is 2.28. The maximum atomic E-state index is 11.0. The van der Waals surface area contributed by atoms with Gasteiger partial charge in [-0.15, -0.1) is 11.6 Å². The molecular formula is C12H15ClN2O2S. The first-order valence-corrected chi connectivity index (χ1v) is 7.41. The summed E-state index contributed by atoms with van der Waals surface area (Å²) in [6, 6.07) is 0. The molecular weight excluding hydrogens is 272 g/mol. The lowest BCUT2D eigenvalue weighted by Crippen LogP contribution is -2.16. The van der Waals surface area contributed by atoms with Crippen LogP contribution < -0.4 is 0 Å². The Balaban J connectivity index is 2.29. The van der Waals surface area contributed by atoms with Gasteiger partial charge in [-0.25, -0.2) is 0 Å². The van der Waals surface area contributed by atoms with Crippen LogP contribution in [0.25, 0.3) is 0 Å². The zero-order valence-electron chi connectivity index (χ0n) is 10.4. The summed E-state index contributed by atoms with van der Waals surface area (Å²) in [4.78, 5) is 15.1. The molecule has 1 aliphatic rings. The number of nitro groups is 1. The number of nitrogens with zero attached hydrogens (tertiary/aromatic N) is 2. The molecule has 0 aromatic carbocycles. The predicted octanol–water partition coefficient (Wildman–Crippen LogP) is 3.12. The van der Waals surface area contributed by atoms with Crippen LogP contribution in [0.5, 0.6) is 0 Å². The van der Waals surface area contributed by atoms with Crippen molar-refractivity contribution in [2.24, 2.45) is 5.92 Å². The summed E-state index contributed by atoms with van der Waals surface area (Å²) in [7, 11) is 0. The van der Waals surface area contributed by atoms with E-state index < -0.39 is 0 Å². The zero-order valence-corrected chi connectivity index (χ0v) is 11.9. The van der Waals surface area contributed by atoms with Crippen molar-refractivity contribution in [2.75, 3.05) is 11.5 Å². The topological polar surface area (TPSA) is 56.0 Å². The van der Waals surface area contributed by atoms with Crippen molar-refractivity contribution in [3.8, 4) is 0 Å². The van der Waals surface area contributed by atoms with Gasteiger partial charge in [0.25, 0.3) is 5.69 Å². The summed E-state index contributed by atoms with van der Waals surface area (Å²) in [6.45, 7) is 3.50. The Kier molecular flexibility index (Phi) is 4.12. The van der Waals surface area contributed by atoms with Crippen LogP contribution in [0, 0.1) is 29.9 Å². The lowest BCUT2D eigenvalue weighted by atomic mass is 9.98. The maximum Gasteiger partial charge on any atom is 0.278 e. The fourth-order valence-electron chi connectivity index (χ4n) is 2.26. The van der Waals surface area contributed by atoms with Gasteiger partial charge in [-0.2, -0.15) is 11.8 Å². The molecule has 4 nitrogen and oxygen atoms in total. The lowest BCUT2D eigenvalue weighted by Gasteiger charge is -2.14. The molecule has 0 spiro atoms. The molecule has 1 saturated heterocycles. The van der Waals surface area contributed by atoms with Gasteiger partial charge in [0.1, 0.15) is 0 Å². The molecule has 1 aromatic rings. The number of pyridine rings is 1. The summed E-state index contributed by atoms with van der Waals surface area (Å²) in [5.74, 6) is 2.33. The molecule has 2 rings (SSSR count). The quantitative estimate of drug-likeness (QED) is 0.487. The molecule has 1 aromatic heterocycles. The van der Waals surface area contributed by atoms with Crippen LogP contribution >= 0.6 is 23.4 Å². The van der Waals surface area contributed by atoms with Crippen molar-refractivity contribution in [1.29, 1.82) is 0 Å². The summed E-state index contributed by atoms with van der Waals surface area (Å²) in [5, 5.41) is 11.2. The predicted molar refractivity (Wildman–Crippen MR) is 74.5 cm³/mol. The van der Waals surface area contributed by atoms with Crippen molar-refractivity contribution in [1.82, 2.24) is 4.98 Å². The molecule has 18 heavy (non-hydrogen) atoms. The summed E-state index contributed by atoms with van der Waals surface area (Å²) < 4.78 is 0. The van der Waals surface area contributed by atoms with Crippen LogP contribution in [0.2, 0.25) is 0 Å². The molecule has 0 bridgehead atoms. The number of alkyl halides is 1. The van der Waals surface area contributed by atoms with Gasteiger partial charge in [0.15, 0.2) is 0 Å². The minimum absolute atomic E-state index is 0.150. The monoisotopic (exact) mass is 286 g/mol. The van der Waals surface area contributed by atoms with Crippen molar-refractivity contribution >= 4 is 29.1 Å². The first-order chi connectivity index (χ1) is 8.50. The Bertz CT molecular complexity index is 481. The number of hydrogen-bond acceptors (Lipinski definition) is 4. The zero-order chi connectivity index (χ0) is 13.3. The molecule has 0 saturated carbocycles. The van der Waals surface area contributed by atoms with Gasteiger partial charge in [0.2, 0.25) is 0 Å². The molecule has 98 valence electrons. The smallest absolute Gasteiger partial charge is 0.260 e. The number of aromatic nitrogens is 1. The van der Waals surface area contributed by atoms with E-state index in [1.165, 1.54) is 0 Å². The van der Waals surface area contributed by atoms with Gasteiger partial charge in [-0.05, 0) is 31.9 Å². The molecule has 2 heterocycles. The van der Waals surface area contributed by atoms with E-state index in [-0.39, 0.29) is 16.0 Å². The summed E-state index contributed by atoms with van der Waals surface area (Å²) in [5.41, 5.74) is 2.30. The van der Waals surface area contributed by atoms with Gasteiger partial charge < -0.3 is 0 Å². The van der Waals surface area contributed by atoms with Crippen molar-refractivity contribution < 1.29 is 4.92 Å². The Morgan fingerprint density at radius 3 is 2.83 bits per heavy atom. The van der Waals surface area contributed by atoms with E-state index in [1.54, 1.807) is 20.0 Å². The van der Waals surface area contributed by atoms with E-state index in [0.717, 1.165) is 23.6 Å². The Hall–Kier alpha value is -0.810. The molecule has 1 aliphatic heterocycles. The van der Waals surface area contributed by atoms with E-state index in [0.29, 0.717) is 17.0 Å². The van der Waals surface area contributed by atoms with Gasteiger partial charge in [-0.1, -0.05) is 0 Å². The third-order valence-electron chi connectivity index (χ3n) is 3.33. The van der Waals surface area contributed by atoms with E-state index in [4.69, 9.17) is 11.6 Å². The standard InChI is InChI=1S/C12H15ClN2O2S/c1-7-4-14-11(8(2)12(7)15(16)17)3-9-5-18-6-10(9)13/h4,9-10H,3,5-6H2,1-2H3. The SMILES string of the molecule is Cc1cnc(CC2CSCC2Cl)c(C)c1[N+](=O)[O-]. The minimum Gasteiger partial charge on any atom is -0.260 e. The molecule has 0 aliphatic carbocycles. The van der Waals surface area contributed by atoms with Crippen molar-refractivity contribution in [3.05, 3.63) is 33.1 Å². The van der Waals surface area contributed by atoms with Gasteiger partial charge in [-0.3, -0.25) is 15.1 Å². The number of rotatable bonds is 3. The molecule has 1 fully saturated rings. The van der Waals surface area contributed by atoms with E-state index in [9.17, 15) is 10.1 Å². The maximum absolute atomic E-state index is 11.0. The number of halogens is 1. The van der Waals surface area contributed by atoms with Crippen molar-refractivity contribution in [2.45, 2.75) is 25.6 Å². The largest absolute Gasteiger partial charge is 0.278 e. The van der Waals surface area contributed by atoms with Crippen LogP contribution in [-0.4, -0.2) is 26.8 Å². The van der Waals surface area contributed by atoms with E-state index in [1.807, 2.05) is 11.8 Å². The third kappa shape index (κ3) is 2.62. The average molecular weight is 287 g/mol. The van der Waals surface area contributed by atoms with Gasteiger partial charge >= 0.3 is 0 Å². The molecule has 2 unspecified atom stereocenters. The molecule has 2 atom stereocenters. The van der Waals surface area contributed by atoms with Crippen LogP contribution in [0.3, 0.4) is 0 Å². The van der Waals surface area contributed by atoms with Gasteiger partial charge in [0.05, 0.1) is 10.6 Å². The number of aryl methyl sites for hydroxylation is 1. The number of hydrogen-bond donors (Lipinski definition) is 0. The second-order valence-electron chi connectivity index (χ2n) is 4.64. The Morgan fingerprint density at radius 2 is 2.28 bits per heavy atom. The van der Waals surface area contributed by atoms with Crippen molar-refractivity contribution in [3.63, 3.8) is 0 Å². The highest BCUT2D eigenvalue weighted by Crippen LogP contribution is 2.33. The third-order valence-corrected chi connectivity index (χ3v) is 5.29. The fraction of sp³-hybridized carbons (Fsp3) is 0.583. The molecule has 0 radical (unpaired) electrons. The average Bonchev–Trinajstić information content (AvgIpc) is 2.68. The molecule has 0 amide bonds. The number of thioether (sulfide) groups is 1.